The van der Waals surface area contributed by atoms with Gasteiger partial charge in [0.1, 0.15) is 0 Å². The van der Waals surface area contributed by atoms with Gasteiger partial charge in [0.05, 0.1) is 18.2 Å². The van der Waals surface area contributed by atoms with Crippen LogP contribution in [0.2, 0.25) is 0 Å². The Labute approximate surface area is 98.2 Å². The minimum Gasteiger partial charge on any atom is -0.461 e. The van der Waals surface area contributed by atoms with Gasteiger partial charge in [-0.3, -0.25) is 9.79 Å². The van der Waals surface area contributed by atoms with Crippen molar-refractivity contribution >= 4 is 30.3 Å². The number of hydrogen-bond acceptors (Lipinski definition) is 4. The van der Waals surface area contributed by atoms with Crippen molar-refractivity contribution in [1.29, 1.82) is 0 Å². The third kappa shape index (κ3) is 2.41. The summed E-state index contributed by atoms with van der Waals surface area (Å²) in [5, 5.41) is 0. The van der Waals surface area contributed by atoms with Crippen LogP contribution in [-0.4, -0.2) is 12.0 Å². The van der Waals surface area contributed by atoms with E-state index in [0.717, 1.165) is 4.90 Å². The molecule has 0 aliphatic carbocycles. The lowest BCUT2D eigenvalue weighted by atomic mass is 10.3. The lowest BCUT2D eigenvalue weighted by molar-refractivity contribution is 0.104. The van der Waals surface area contributed by atoms with E-state index in [9.17, 15) is 4.79 Å². The fraction of sp³-hybridized carbons (Fsp3) is 0. The molecule has 0 saturated heterocycles. The molecule has 0 atom stereocenters. The van der Waals surface area contributed by atoms with Crippen molar-refractivity contribution in [3.05, 3.63) is 48.4 Å². The number of rotatable bonds is 3. The van der Waals surface area contributed by atoms with Gasteiger partial charge in [0.15, 0.2) is 5.76 Å². The molecular formula is C12H9NO2S. The van der Waals surface area contributed by atoms with Crippen molar-refractivity contribution in [3.8, 4) is 0 Å². The molecule has 1 heterocycles. The van der Waals surface area contributed by atoms with Crippen molar-refractivity contribution in [2.24, 2.45) is 4.99 Å². The number of ketones is 1. The minimum absolute atomic E-state index is 0.262. The first-order valence-corrected chi connectivity index (χ1v) is 5.12. The standard InChI is InChI=1S/C12H9NO2S/c14-10(11-5-3-7-15-11)8-13-9-4-1-2-6-12(9)16/h1-8,16H. The van der Waals surface area contributed by atoms with Crippen LogP contribution in [0.3, 0.4) is 0 Å². The fourth-order valence-electron chi connectivity index (χ4n) is 1.18. The first-order chi connectivity index (χ1) is 7.77. The maximum Gasteiger partial charge on any atom is 0.239 e. The Bertz CT molecular complexity index is 518. The Kier molecular flexibility index (Phi) is 3.22. The molecule has 0 saturated carbocycles. The van der Waals surface area contributed by atoms with Gasteiger partial charge in [0, 0.05) is 4.90 Å². The summed E-state index contributed by atoms with van der Waals surface area (Å²) in [5.74, 6) is 0.0157. The van der Waals surface area contributed by atoms with Gasteiger partial charge in [-0.1, -0.05) is 12.1 Å². The van der Waals surface area contributed by atoms with Crippen LogP contribution in [0.15, 0.2) is 57.0 Å². The molecule has 0 radical (unpaired) electrons. The zero-order chi connectivity index (χ0) is 11.4. The van der Waals surface area contributed by atoms with Crippen LogP contribution in [0.1, 0.15) is 10.6 Å². The Morgan fingerprint density at radius 2 is 2.06 bits per heavy atom. The van der Waals surface area contributed by atoms with Gasteiger partial charge >= 0.3 is 0 Å². The number of aliphatic imine (C=N–C) groups is 1. The molecular weight excluding hydrogens is 222 g/mol. The van der Waals surface area contributed by atoms with E-state index >= 15 is 0 Å². The Balaban J connectivity index is 2.16. The van der Waals surface area contributed by atoms with Crippen LogP contribution < -0.4 is 0 Å². The number of benzene rings is 1. The van der Waals surface area contributed by atoms with Gasteiger partial charge < -0.3 is 4.42 Å². The molecule has 0 N–H and O–H groups in total. The quantitative estimate of drug-likeness (QED) is 0.501. The van der Waals surface area contributed by atoms with Crippen molar-refractivity contribution in [3.63, 3.8) is 0 Å². The second kappa shape index (κ2) is 4.81. The summed E-state index contributed by atoms with van der Waals surface area (Å²) < 4.78 is 4.95. The van der Waals surface area contributed by atoms with Gasteiger partial charge in [-0.15, -0.1) is 12.6 Å². The summed E-state index contributed by atoms with van der Waals surface area (Å²) in [5.41, 5.74) is 0.658. The van der Waals surface area contributed by atoms with Gasteiger partial charge in [-0.05, 0) is 24.3 Å². The number of thiol groups is 1. The number of Topliss-reactive ketones (excluding diaryl/α,β-unsaturated/α-hetero) is 1. The highest BCUT2D eigenvalue weighted by Gasteiger charge is 2.04. The predicted molar refractivity (Wildman–Crippen MR) is 64.9 cm³/mol. The predicted octanol–water partition coefficient (Wildman–Crippen LogP) is 3.15. The maximum atomic E-state index is 11.5. The molecule has 0 unspecified atom stereocenters. The van der Waals surface area contributed by atoms with Crippen molar-refractivity contribution in [1.82, 2.24) is 0 Å². The highest BCUT2D eigenvalue weighted by Crippen LogP contribution is 2.21. The fourth-order valence-corrected chi connectivity index (χ4v) is 1.40. The first-order valence-electron chi connectivity index (χ1n) is 4.67. The number of nitrogens with zero attached hydrogens (tertiary/aromatic N) is 1. The first kappa shape index (κ1) is 10.7. The SMILES string of the molecule is O=C(C=Nc1ccccc1S)c1ccco1. The molecule has 0 amide bonds. The summed E-state index contributed by atoms with van der Waals surface area (Å²) in [6.45, 7) is 0. The summed E-state index contributed by atoms with van der Waals surface area (Å²) in [6, 6.07) is 10.6. The van der Waals surface area contributed by atoms with Gasteiger partial charge in [0.25, 0.3) is 0 Å². The van der Waals surface area contributed by atoms with Crippen molar-refractivity contribution < 1.29 is 9.21 Å². The molecule has 2 aromatic rings. The summed E-state index contributed by atoms with van der Waals surface area (Å²) in [7, 11) is 0. The topological polar surface area (TPSA) is 42.6 Å². The maximum absolute atomic E-state index is 11.5. The van der Waals surface area contributed by atoms with Gasteiger partial charge in [-0.2, -0.15) is 0 Å². The number of furan rings is 1. The smallest absolute Gasteiger partial charge is 0.239 e. The summed E-state index contributed by atoms with van der Waals surface area (Å²) >= 11 is 4.23. The minimum atomic E-state index is -0.262. The van der Waals surface area contributed by atoms with E-state index in [2.05, 4.69) is 17.6 Å². The zero-order valence-electron chi connectivity index (χ0n) is 8.33. The molecule has 1 aromatic heterocycles. The molecule has 4 heteroatoms. The average molecular weight is 231 g/mol. The molecule has 2 rings (SSSR count). The highest BCUT2D eigenvalue weighted by atomic mass is 32.1. The van der Waals surface area contributed by atoms with Crippen molar-refractivity contribution in [2.45, 2.75) is 4.90 Å². The normalized spacial score (nSPS) is 10.8. The van der Waals surface area contributed by atoms with E-state index in [1.165, 1.54) is 12.5 Å². The monoisotopic (exact) mass is 231 g/mol. The van der Waals surface area contributed by atoms with E-state index in [1.54, 1.807) is 18.2 Å². The van der Waals surface area contributed by atoms with E-state index in [0.29, 0.717) is 5.69 Å². The van der Waals surface area contributed by atoms with Crippen LogP contribution in [0, 0.1) is 0 Å². The van der Waals surface area contributed by atoms with Gasteiger partial charge in [0.2, 0.25) is 5.78 Å². The van der Waals surface area contributed by atoms with Crippen LogP contribution in [-0.2, 0) is 0 Å². The van der Waals surface area contributed by atoms with Crippen LogP contribution in [0.5, 0.6) is 0 Å². The number of carbonyl (C=O) groups excluding carboxylic acids is 1. The zero-order valence-corrected chi connectivity index (χ0v) is 9.22. The Hall–Kier alpha value is -1.81. The summed E-state index contributed by atoms with van der Waals surface area (Å²) in [4.78, 5) is 16.3. The highest BCUT2D eigenvalue weighted by molar-refractivity contribution is 7.80. The second-order valence-corrected chi connectivity index (χ2v) is 3.57. The van der Waals surface area contributed by atoms with Crippen molar-refractivity contribution in [2.75, 3.05) is 0 Å². The number of hydrogen-bond donors (Lipinski definition) is 1. The second-order valence-electron chi connectivity index (χ2n) is 3.09. The van der Waals surface area contributed by atoms with E-state index in [4.69, 9.17) is 4.42 Å². The summed E-state index contributed by atoms with van der Waals surface area (Å²) in [6.07, 6.45) is 2.68. The van der Waals surface area contributed by atoms with E-state index < -0.39 is 0 Å². The average Bonchev–Trinajstić information content (AvgIpc) is 2.81. The largest absolute Gasteiger partial charge is 0.461 e. The lowest BCUT2D eigenvalue weighted by Gasteiger charge is -1.96. The molecule has 0 bridgehead atoms. The molecule has 16 heavy (non-hydrogen) atoms. The molecule has 0 fully saturated rings. The van der Waals surface area contributed by atoms with Gasteiger partial charge in [-0.25, -0.2) is 0 Å². The molecule has 3 nitrogen and oxygen atoms in total. The lowest BCUT2D eigenvalue weighted by Crippen LogP contribution is -1.97. The molecule has 0 aliphatic heterocycles. The number of carbonyl (C=O) groups is 1. The third-order valence-electron chi connectivity index (χ3n) is 1.97. The third-order valence-corrected chi connectivity index (χ3v) is 2.34. The Morgan fingerprint density at radius 1 is 1.25 bits per heavy atom. The number of para-hydroxylation sites is 1. The molecule has 0 spiro atoms. The van der Waals surface area contributed by atoms with Crippen LogP contribution >= 0.6 is 12.6 Å². The molecule has 0 aliphatic rings. The van der Waals surface area contributed by atoms with Crippen LogP contribution in [0.4, 0.5) is 5.69 Å². The Morgan fingerprint density at radius 3 is 2.75 bits per heavy atom. The van der Waals surface area contributed by atoms with Crippen LogP contribution in [0.25, 0.3) is 0 Å². The molecule has 1 aromatic carbocycles. The van der Waals surface area contributed by atoms with E-state index in [1.807, 2.05) is 18.2 Å². The molecule has 80 valence electrons. The van der Waals surface area contributed by atoms with E-state index in [-0.39, 0.29) is 11.5 Å².